The van der Waals surface area contributed by atoms with Crippen molar-refractivity contribution in [2.75, 3.05) is 18.5 Å². The van der Waals surface area contributed by atoms with Crippen LogP contribution in [0.15, 0.2) is 16.8 Å². The summed E-state index contributed by atoms with van der Waals surface area (Å²) in [5, 5.41) is 22.7. The Bertz CT molecular complexity index is 1090. The molecule has 8 heteroatoms. The van der Waals surface area contributed by atoms with Gasteiger partial charge < -0.3 is 25.0 Å². The first kappa shape index (κ1) is 21.0. The van der Waals surface area contributed by atoms with Crippen molar-refractivity contribution in [1.82, 2.24) is 20.4 Å². The van der Waals surface area contributed by atoms with Crippen LogP contribution in [-0.2, 0) is 17.7 Å². The van der Waals surface area contributed by atoms with Crippen LogP contribution < -0.4 is 10.6 Å². The first-order valence-electron chi connectivity index (χ1n) is 13.0. The van der Waals surface area contributed by atoms with Crippen LogP contribution in [-0.4, -0.2) is 51.1 Å². The van der Waals surface area contributed by atoms with Crippen LogP contribution >= 0.6 is 0 Å². The average Bonchev–Trinajstić information content (AvgIpc) is 3.57. The maximum Gasteiger partial charge on any atom is 0.240 e. The molecule has 4 bridgehead atoms. The lowest BCUT2D eigenvalue weighted by Gasteiger charge is -2.58. The van der Waals surface area contributed by atoms with E-state index in [1.807, 2.05) is 6.20 Å². The molecule has 180 valence electrons. The highest BCUT2D eigenvalue weighted by atomic mass is 16.5. The van der Waals surface area contributed by atoms with Crippen molar-refractivity contribution in [3.05, 3.63) is 29.4 Å². The number of nitrogens with zero attached hydrogens (tertiary/aromatic N) is 3. The molecule has 1 saturated heterocycles. The van der Waals surface area contributed by atoms with E-state index < -0.39 is 5.60 Å². The smallest absolute Gasteiger partial charge is 0.240 e. The molecule has 0 aromatic carbocycles. The molecular weight excluding hydrogens is 430 g/mol. The molecule has 5 fully saturated rings. The summed E-state index contributed by atoms with van der Waals surface area (Å²) in [6, 6.07) is 0.371. The quantitative estimate of drug-likeness (QED) is 0.574. The number of ether oxygens (including phenoxy) is 1. The highest BCUT2D eigenvalue weighted by Crippen LogP contribution is 2.56. The predicted octanol–water partition coefficient (Wildman–Crippen LogP) is 3.32. The van der Waals surface area contributed by atoms with Crippen molar-refractivity contribution >= 4 is 11.8 Å². The van der Waals surface area contributed by atoms with E-state index in [0.717, 1.165) is 74.2 Å². The van der Waals surface area contributed by atoms with Crippen molar-refractivity contribution in [2.45, 2.75) is 75.7 Å². The van der Waals surface area contributed by atoms with Crippen LogP contribution in [0.2, 0.25) is 0 Å². The molecule has 3 atom stereocenters. The minimum Gasteiger partial charge on any atom is -0.390 e. The molecule has 3 heterocycles. The third kappa shape index (κ3) is 3.67. The van der Waals surface area contributed by atoms with Crippen LogP contribution in [0.4, 0.5) is 5.69 Å². The van der Waals surface area contributed by atoms with Crippen molar-refractivity contribution in [3.63, 3.8) is 0 Å². The molecule has 5 aliphatic carbocycles. The molecule has 0 spiro atoms. The van der Waals surface area contributed by atoms with Gasteiger partial charge in [0.25, 0.3) is 0 Å². The fraction of sp³-hybridized carbons (Fsp3) is 0.654. The number of fused-ring (bicyclic) bond motifs is 1. The molecule has 3 N–H and O–H groups in total. The van der Waals surface area contributed by atoms with Gasteiger partial charge in [-0.3, -0.25) is 4.98 Å². The number of allylic oxidation sites excluding steroid dienone is 1. The second-order valence-electron chi connectivity index (χ2n) is 11.2. The molecule has 0 radical (unpaired) electrons. The van der Waals surface area contributed by atoms with Crippen LogP contribution in [0.1, 0.15) is 62.1 Å². The molecule has 2 aromatic rings. The van der Waals surface area contributed by atoms with E-state index in [2.05, 4.69) is 27.9 Å². The van der Waals surface area contributed by atoms with Gasteiger partial charge in [0, 0.05) is 37.4 Å². The van der Waals surface area contributed by atoms with Crippen molar-refractivity contribution < 1.29 is 14.4 Å². The van der Waals surface area contributed by atoms with Gasteiger partial charge in [-0.15, -0.1) is 0 Å². The molecular formula is C26H33N5O3. The van der Waals surface area contributed by atoms with E-state index in [1.54, 1.807) is 0 Å². The molecule has 1 aliphatic heterocycles. The van der Waals surface area contributed by atoms with Crippen LogP contribution in [0, 0.1) is 17.8 Å². The summed E-state index contributed by atoms with van der Waals surface area (Å²) in [6.45, 7) is 2.18. The van der Waals surface area contributed by atoms with Crippen LogP contribution in [0.25, 0.3) is 17.5 Å². The molecule has 4 saturated carbocycles. The van der Waals surface area contributed by atoms with Gasteiger partial charge in [-0.05, 0) is 62.7 Å². The van der Waals surface area contributed by atoms with Gasteiger partial charge in [-0.2, -0.15) is 4.98 Å². The number of hydrogen-bond acceptors (Lipinski definition) is 8. The third-order valence-corrected chi connectivity index (χ3v) is 8.73. The van der Waals surface area contributed by atoms with Crippen LogP contribution in [0.5, 0.6) is 0 Å². The van der Waals surface area contributed by atoms with Crippen molar-refractivity contribution in [3.8, 4) is 11.4 Å². The van der Waals surface area contributed by atoms with E-state index in [-0.39, 0.29) is 6.10 Å². The zero-order valence-corrected chi connectivity index (χ0v) is 19.5. The lowest BCUT2D eigenvalue weighted by atomic mass is 9.52. The molecule has 34 heavy (non-hydrogen) atoms. The van der Waals surface area contributed by atoms with Gasteiger partial charge in [0.05, 0.1) is 35.2 Å². The second-order valence-corrected chi connectivity index (χ2v) is 11.2. The molecule has 2 aromatic heterocycles. The number of pyridine rings is 1. The number of anilines is 1. The second kappa shape index (κ2) is 8.14. The Balaban J connectivity index is 1.14. The van der Waals surface area contributed by atoms with E-state index in [1.165, 1.54) is 12.8 Å². The van der Waals surface area contributed by atoms with Crippen molar-refractivity contribution in [2.24, 2.45) is 17.8 Å². The highest BCUT2D eigenvalue weighted by Gasteiger charge is 2.54. The van der Waals surface area contributed by atoms with Crippen molar-refractivity contribution in [1.29, 1.82) is 0 Å². The molecule has 8 rings (SSSR count). The molecule has 3 unspecified atom stereocenters. The topological polar surface area (TPSA) is 105 Å². The van der Waals surface area contributed by atoms with E-state index in [0.29, 0.717) is 42.1 Å². The summed E-state index contributed by atoms with van der Waals surface area (Å²) in [4.78, 5) is 9.42. The summed E-state index contributed by atoms with van der Waals surface area (Å²) in [7, 11) is 0. The largest absolute Gasteiger partial charge is 0.390 e. The van der Waals surface area contributed by atoms with E-state index >= 15 is 0 Å². The minimum atomic E-state index is -0.434. The summed E-state index contributed by atoms with van der Waals surface area (Å²) >= 11 is 0. The molecule has 6 aliphatic rings. The van der Waals surface area contributed by atoms with Crippen LogP contribution in [0.3, 0.4) is 0 Å². The third-order valence-electron chi connectivity index (χ3n) is 8.73. The fourth-order valence-electron chi connectivity index (χ4n) is 7.49. The maximum absolute atomic E-state index is 11.0. The van der Waals surface area contributed by atoms with Gasteiger partial charge in [0.15, 0.2) is 0 Å². The van der Waals surface area contributed by atoms with E-state index in [4.69, 9.17) is 19.2 Å². The normalized spacial score (nSPS) is 35.3. The van der Waals surface area contributed by atoms with Gasteiger partial charge in [-0.1, -0.05) is 17.3 Å². The summed E-state index contributed by atoms with van der Waals surface area (Å²) in [5.41, 5.74) is 3.77. The molecule has 8 nitrogen and oxygen atoms in total. The number of nitrogens with one attached hydrogen (secondary N) is 2. The first-order chi connectivity index (χ1) is 16.6. The number of aliphatic hydroxyl groups is 1. The molecule has 0 amide bonds. The number of aromatic nitrogens is 3. The maximum atomic E-state index is 11.0. The average molecular weight is 464 g/mol. The first-order valence-corrected chi connectivity index (χ1v) is 13.0. The Hall–Kier alpha value is -2.29. The fourth-order valence-corrected chi connectivity index (χ4v) is 7.49. The van der Waals surface area contributed by atoms with Gasteiger partial charge in [0.2, 0.25) is 11.7 Å². The Kier molecular flexibility index (Phi) is 5.03. The Morgan fingerprint density at radius 2 is 2.06 bits per heavy atom. The Labute approximate surface area is 199 Å². The highest BCUT2D eigenvalue weighted by molar-refractivity contribution is 5.84. The zero-order valence-electron chi connectivity index (χ0n) is 19.5. The lowest BCUT2D eigenvalue weighted by Crippen LogP contribution is -2.59. The summed E-state index contributed by atoms with van der Waals surface area (Å²) in [5.74, 6) is 2.87. The number of rotatable bonds is 7. The predicted molar refractivity (Wildman–Crippen MR) is 127 cm³/mol. The Morgan fingerprint density at radius 3 is 2.85 bits per heavy atom. The summed E-state index contributed by atoms with van der Waals surface area (Å²) < 4.78 is 11.3. The Morgan fingerprint density at radius 1 is 1.18 bits per heavy atom. The standard InChI is InChI=1S/C26H33N5O3/c32-26-9-15-7-16(10-26)23(17(8-15)11-26)30-24-19-4-1-5-21(19)28-13-20(24)25-29-22(34-31-25)14-27-12-18-3-2-6-33-18/h1,4,13,15-18,23,27,32H,2-3,5-12,14H2,(H,28,30). The SMILES string of the molecule is OC12CC3CC(C1)C(Nc1c(-c4noc(CNCC5CCCO5)n4)cnc4c1C=CC4)C(C3)C2. The van der Waals surface area contributed by atoms with Gasteiger partial charge in [-0.25, -0.2) is 0 Å². The van der Waals surface area contributed by atoms with Gasteiger partial charge in [0.1, 0.15) is 0 Å². The summed E-state index contributed by atoms with van der Waals surface area (Å²) in [6.07, 6.45) is 14.9. The lowest BCUT2D eigenvalue weighted by molar-refractivity contribution is -0.129. The zero-order chi connectivity index (χ0) is 22.7. The van der Waals surface area contributed by atoms with Gasteiger partial charge >= 0.3 is 0 Å². The monoisotopic (exact) mass is 463 g/mol. The number of hydrogen-bond donors (Lipinski definition) is 3. The van der Waals surface area contributed by atoms with E-state index in [9.17, 15) is 5.11 Å². The minimum absolute atomic E-state index is 0.282.